The molecule has 3 aromatic heterocycles. The molecule has 7 heteroatoms. The molecule has 3 rings (SSSR count). The first-order valence-electron chi connectivity index (χ1n) is 6.36. The van der Waals surface area contributed by atoms with E-state index in [1.54, 1.807) is 0 Å². The molecular formula is C14H13BrClN5. The van der Waals surface area contributed by atoms with Gasteiger partial charge in [0.25, 0.3) is 0 Å². The molecule has 0 amide bonds. The Morgan fingerprint density at radius 2 is 2.10 bits per heavy atom. The van der Waals surface area contributed by atoms with E-state index in [9.17, 15) is 0 Å². The standard InChI is InChI=1S/C14H13BrClN5/c1-7-5-18-10(8(2)11(7)15)6-21-4-3-9-12(16)19-14(17)20-13(9)21/h3-5H,6H2,1-2H3,(H2,17,19,20). The number of hydrogen-bond donors (Lipinski definition) is 1. The average molecular weight is 367 g/mol. The van der Waals surface area contributed by atoms with Crippen LogP contribution in [0.3, 0.4) is 0 Å². The van der Waals surface area contributed by atoms with Crippen molar-refractivity contribution < 1.29 is 0 Å². The summed E-state index contributed by atoms with van der Waals surface area (Å²) in [6, 6.07) is 1.88. The Labute approximate surface area is 135 Å². The van der Waals surface area contributed by atoms with Crippen LogP contribution in [0.4, 0.5) is 5.95 Å². The molecule has 0 aliphatic rings. The highest BCUT2D eigenvalue weighted by Crippen LogP contribution is 2.25. The first-order chi connectivity index (χ1) is 9.97. The number of nitrogens with two attached hydrogens (primary N) is 1. The summed E-state index contributed by atoms with van der Waals surface area (Å²) in [7, 11) is 0. The Bertz CT molecular complexity index is 843. The van der Waals surface area contributed by atoms with Crippen LogP contribution in [0.1, 0.15) is 16.8 Å². The molecule has 0 bridgehead atoms. The number of hydrogen-bond acceptors (Lipinski definition) is 4. The third-order valence-electron chi connectivity index (χ3n) is 3.43. The fourth-order valence-corrected chi connectivity index (χ4v) is 2.81. The summed E-state index contributed by atoms with van der Waals surface area (Å²) in [5.74, 6) is 0.169. The van der Waals surface area contributed by atoms with Gasteiger partial charge in [0.05, 0.1) is 17.6 Å². The fraction of sp³-hybridized carbons (Fsp3) is 0.214. The highest BCUT2D eigenvalue weighted by Gasteiger charge is 2.12. The van der Waals surface area contributed by atoms with Gasteiger partial charge in [0.15, 0.2) is 0 Å². The largest absolute Gasteiger partial charge is 0.368 e. The lowest BCUT2D eigenvalue weighted by atomic mass is 10.1. The van der Waals surface area contributed by atoms with E-state index in [2.05, 4.69) is 30.9 Å². The first kappa shape index (κ1) is 14.3. The Kier molecular flexibility index (Phi) is 3.59. The zero-order valence-electron chi connectivity index (χ0n) is 11.6. The average Bonchev–Trinajstić information content (AvgIpc) is 2.83. The van der Waals surface area contributed by atoms with Gasteiger partial charge in [-0.05, 0) is 31.0 Å². The molecule has 0 aromatic carbocycles. The second-order valence-electron chi connectivity index (χ2n) is 4.88. The van der Waals surface area contributed by atoms with Crippen molar-refractivity contribution >= 4 is 44.5 Å². The molecule has 0 unspecified atom stereocenters. The summed E-state index contributed by atoms with van der Waals surface area (Å²) in [6.07, 6.45) is 3.77. The third-order valence-corrected chi connectivity index (χ3v) is 4.94. The quantitative estimate of drug-likeness (QED) is 0.705. The number of aromatic nitrogens is 4. The fourth-order valence-electron chi connectivity index (χ4n) is 2.24. The van der Waals surface area contributed by atoms with E-state index < -0.39 is 0 Å². The van der Waals surface area contributed by atoms with Crippen molar-refractivity contribution in [3.8, 4) is 0 Å². The molecule has 3 aromatic rings. The van der Waals surface area contributed by atoms with Gasteiger partial charge in [-0.2, -0.15) is 4.98 Å². The third kappa shape index (κ3) is 2.49. The minimum absolute atomic E-state index is 0.169. The van der Waals surface area contributed by atoms with E-state index in [0.717, 1.165) is 26.7 Å². The molecule has 2 N–H and O–H groups in total. The van der Waals surface area contributed by atoms with Crippen LogP contribution >= 0.6 is 27.5 Å². The summed E-state index contributed by atoms with van der Waals surface area (Å²) in [5.41, 5.74) is 9.59. The number of pyridine rings is 1. The van der Waals surface area contributed by atoms with Crippen molar-refractivity contribution in [1.29, 1.82) is 0 Å². The van der Waals surface area contributed by atoms with Crippen LogP contribution in [0.15, 0.2) is 22.9 Å². The number of rotatable bonds is 2. The minimum atomic E-state index is 0.169. The van der Waals surface area contributed by atoms with Crippen LogP contribution in [-0.4, -0.2) is 19.5 Å². The smallest absolute Gasteiger partial charge is 0.223 e. The molecule has 3 heterocycles. The maximum Gasteiger partial charge on any atom is 0.223 e. The molecule has 0 spiro atoms. The van der Waals surface area contributed by atoms with Crippen LogP contribution in [-0.2, 0) is 6.54 Å². The van der Waals surface area contributed by atoms with Crippen LogP contribution in [0.5, 0.6) is 0 Å². The van der Waals surface area contributed by atoms with E-state index in [1.165, 1.54) is 0 Å². The topological polar surface area (TPSA) is 69.6 Å². The van der Waals surface area contributed by atoms with Gasteiger partial charge in [-0.1, -0.05) is 27.5 Å². The molecule has 0 fully saturated rings. The number of nitrogens with zero attached hydrogens (tertiary/aromatic N) is 4. The van der Waals surface area contributed by atoms with E-state index in [0.29, 0.717) is 17.3 Å². The predicted molar refractivity (Wildman–Crippen MR) is 87.5 cm³/mol. The maximum atomic E-state index is 6.09. The molecule has 0 saturated carbocycles. The zero-order chi connectivity index (χ0) is 15.1. The second kappa shape index (κ2) is 5.27. The van der Waals surface area contributed by atoms with Crippen molar-refractivity contribution in [3.63, 3.8) is 0 Å². The Morgan fingerprint density at radius 1 is 1.33 bits per heavy atom. The lowest BCUT2D eigenvalue weighted by Gasteiger charge is -2.10. The second-order valence-corrected chi connectivity index (χ2v) is 6.03. The Morgan fingerprint density at radius 3 is 2.86 bits per heavy atom. The summed E-state index contributed by atoms with van der Waals surface area (Å²) in [5, 5.41) is 1.15. The molecular weight excluding hydrogens is 354 g/mol. The highest BCUT2D eigenvalue weighted by atomic mass is 79.9. The number of nitrogen functional groups attached to an aromatic ring is 1. The molecule has 108 valence electrons. The number of aryl methyl sites for hydroxylation is 1. The molecule has 0 aliphatic heterocycles. The monoisotopic (exact) mass is 365 g/mol. The van der Waals surface area contributed by atoms with Crippen LogP contribution in [0, 0.1) is 13.8 Å². The van der Waals surface area contributed by atoms with Crippen molar-refractivity contribution in [2.75, 3.05) is 5.73 Å². The van der Waals surface area contributed by atoms with Crippen molar-refractivity contribution in [2.45, 2.75) is 20.4 Å². The molecule has 0 saturated heterocycles. The highest BCUT2D eigenvalue weighted by molar-refractivity contribution is 9.10. The van der Waals surface area contributed by atoms with Gasteiger partial charge in [0.2, 0.25) is 5.95 Å². The van der Waals surface area contributed by atoms with Gasteiger partial charge in [0.1, 0.15) is 10.8 Å². The van der Waals surface area contributed by atoms with Gasteiger partial charge in [0, 0.05) is 16.9 Å². The summed E-state index contributed by atoms with van der Waals surface area (Å²) < 4.78 is 3.05. The van der Waals surface area contributed by atoms with Gasteiger partial charge in [-0.25, -0.2) is 4.98 Å². The molecule has 0 aliphatic carbocycles. The van der Waals surface area contributed by atoms with Gasteiger partial charge in [-0.3, -0.25) is 4.98 Å². The minimum Gasteiger partial charge on any atom is -0.368 e. The number of anilines is 1. The molecule has 21 heavy (non-hydrogen) atoms. The van der Waals surface area contributed by atoms with Crippen LogP contribution in [0.25, 0.3) is 11.0 Å². The van der Waals surface area contributed by atoms with Crippen LogP contribution < -0.4 is 5.73 Å². The lowest BCUT2D eigenvalue weighted by Crippen LogP contribution is -2.06. The van der Waals surface area contributed by atoms with Gasteiger partial charge >= 0.3 is 0 Å². The Balaban J connectivity index is 2.09. The van der Waals surface area contributed by atoms with Crippen molar-refractivity contribution in [3.05, 3.63) is 44.9 Å². The Hall–Kier alpha value is -1.66. The van der Waals surface area contributed by atoms with Crippen LogP contribution in [0.2, 0.25) is 5.15 Å². The van der Waals surface area contributed by atoms with Gasteiger partial charge < -0.3 is 10.3 Å². The first-order valence-corrected chi connectivity index (χ1v) is 7.53. The summed E-state index contributed by atoms with van der Waals surface area (Å²) in [6.45, 7) is 4.66. The number of halogens is 2. The zero-order valence-corrected chi connectivity index (χ0v) is 13.9. The van der Waals surface area contributed by atoms with E-state index >= 15 is 0 Å². The molecule has 0 radical (unpaired) electrons. The predicted octanol–water partition coefficient (Wildman–Crippen LogP) is 3.49. The van der Waals surface area contributed by atoms with E-state index in [1.807, 2.05) is 36.9 Å². The van der Waals surface area contributed by atoms with E-state index in [-0.39, 0.29) is 5.95 Å². The lowest BCUT2D eigenvalue weighted by molar-refractivity contribution is 0.787. The normalized spacial score (nSPS) is 11.2. The van der Waals surface area contributed by atoms with E-state index in [4.69, 9.17) is 17.3 Å². The SMILES string of the molecule is Cc1cnc(Cn2ccc3c(Cl)nc(N)nc32)c(C)c1Br. The maximum absolute atomic E-state index is 6.09. The molecule has 5 nitrogen and oxygen atoms in total. The van der Waals surface area contributed by atoms with Gasteiger partial charge in [-0.15, -0.1) is 0 Å². The van der Waals surface area contributed by atoms with Crippen molar-refractivity contribution in [1.82, 2.24) is 19.5 Å². The molecule has 0 atom stereocenters. The number of fused-ring (bicyclic) bond motifs is 1. The summed E-state index contributed by atoms with van der Waals surface area (Å²) >= 11 is 9.68. The summed E-state index contributed by atoms with van der Waals surface area (Å²) in [4.78, 5) is 12.7. The van der Waals surface area contributed by atoms with Crippen molar-refractivity contribution in [2.24, 2.45) is 0 Å².